The topological polar surface area (TPSA) is 47.5 Å². The summed E-state index contributed by atoms with van der Waals surface area (Å²) < 4.78 is 86.2. The van der Waals surface area contributed by atoms with Gasteiger partial charge >= 0.3 is 12.4 Å². The minimum Gasteiger partial charge on any atom is -0.494 e. The summed E-state index contributed by atoms with van der Waals surface area (Å²) in [5.74, 6) is -0.824. The second kappa shape index (κ2) is 9.86. The van der Waals surface area contributed by atoms with Crippen molar-refractivity contribution in [2.45, 2.75) is 38.5 Å². The zero-order chi connectivity index (χ0) is 22.4. The standard InChI is InChI=1S/C19H21F6N3O2/c1-3-4-5-10-29-14-8-6-13(7-9-14)28(2)17-26-11-15(19(23,24)25)16(27-17)30-12-18(20,21)22/h6-9,11H,3-5,10,12H2,1-2H3. The van der Waals surface area contributed by atoms with E-state index in [-0.39, 0.29) is 5.95 Å². The zero-order valence-electron chi connectivity index (χ0n) is 16.3. The summed E-state index contributed by atoms with van der Waals surface area (Å²) in [5, 5.41) is 0. The second-order valence-electron chi connectivity index (χ2n) is 6.40. The lowest BCUT2D eigenvalue weighted by molar-refractivity contribution is -0.159. The van der Waals surface area contributed by atoms with Crippen molar-refractivity contribution < 1.29 is 35.8 Å². The molecule has 0 saturated heterocycles. The van der Waals surface area contributed by atoms with Crippen molar-refractivity contribution in [3.05, 3.63) is 36.0 Å². The number of ether oxygens (including phenoxy) is 2. The third kappa shape index (κ3) is 6.96. The summed E-state index contributed by atoms with van der Waals surface area (Å²) >= 11 is 0. The molecular weight excluding hydrogens is 416 g/mol. The molecule has 0 saturated carbocycles. The molecule has 2 aromatic rings. The molecule has 0 unspecified atom stereocenters. The average Bonchev–Trinajstić information content (AvgIpc) is 2.68. The number of hydrogen-bond donors (Lipinski definition) is 0. The quantitative estimate of drug-likeness (QED) is 0.368. The van der Waals surface area contributed by atoms with Crippen LogP contribution in [0.3, 0.4) is 0 Å². The maximum Gasteiger partial charge on any atom is 0.423 e. The molecule has 0 fully saturated rings. The van der Waals surface area contributed by atoms with E-state index in [2.05, 4.69) is 21.6 Å². The number of benzene rings is 1. The van der Waals surface area contributed by atoms with Gasteiger partial charge in [0.15, 0.2) is 6.61 Å². The molecule has 0 aliphatic rings. The highest BCUT2D eigenvalue weighted by Crippen LogP contribution is 2.36. The van der Waals surface area contributed by atoms with Gasteiger partial charge in [0.2, 0.25) is 11.8 Å². The van der Waals surface area contributed by atoms with Crippen LogP contribution in [0.1, 0.15) is 31.7 Å². The highest BCUT2D eigenvalue weighted by Gasteiger charge is 2.38. The molecule has 0 bridgehead atoms. The fourth-order valence-electron chi connectivity index (χ4n) is 2.40. The highest BCUT2D eigenvalue weighted by atomic mass is 19.4. The Bertz CT molecular complexity index is 809. The molecule has 0 spiro atoms. The largest absolute Gasteiger partial charge is 0.494 e. The van der Waals surface area contributed by atoms with E-state index >= 15 is 0 Å². The fraction of sp³-hybridized carbons (Fsp3) is 0.474. The summed E-state index contributed by atoms with van der Waals surface area (Å²) in [6.45, 7) is 0.735. The van der Waals surface area contributed by atoms with Crippen molar-refractivity contribution in [1.29, 1.82) is 0 Å². The van der Waals surface area contributed by atoms with E-state index in [0.29, 0.717) is 24.2 Å². The molecule has 5 nitrogen and oxygen atoms in total. The smallest absolute Gasteiger partial charge is 0.423 e. The lowest BCUT2D eigenvalue weighted by Gasteiger charge is -2.20. The Morgan fingerprint density at radius 3 is 2.20 bits per heavy atom. The van der Waals surface area contributed by atoms with Crippen molar-refractivity contribution in [2.75, 3.05) is 25.2 Å². The first kappa shape index (κ1) is 23.6. The molecule has 0 aliphatic heterocycles. The molecule has 0 aliphatic carbocycles. The number of rotatable bonds is 9. The summed E-state index contributed by atoms with van der Waals surface area (Å²) in [4.78, 5) is 8.49. The number of nitrogens with zero attached hydrogens (tertiary/aromatic N) is 3. The van der Waals surface area contributed by atoms with Gasteiger partial charge in [-0.05, 0) is 30.7 Å². The Labute approximate surface area is 169 Å². The van der Waals surface area contributed by atoms with Gasteiger partial charge in [0, 0.05) is 18.9 Å². The second-order valence-corrected chi connectivity index (χ2v) is 6.40. The number of halogens is 6. The van der Waals surface area contributed by atoms with Crippen LogP contribution in [0, 0.1) is 0 Å². The van der Waals surface area contributed by atoms with Crippen molar-refractivity contribution >= 4 is 11.6 Å². The molecule has 0 radical (unpaired) electrons. The van der Waals surface area contributed by atoms with Crippen molar-refractivity contribution in [3.63, 3.8) is 0 Å². The monoisotopic (exact) mass is 437 g/mol. The molecule has 1 aromatic heterocycles. The summed E-state index contributed by atoms with van der Waals surface area (Å²) in [6.07, 6.45) is -6.35. The lowest BCUT2D eigenvalue weighted by atomic mass is 10.2. The van der Waals surface area contributed by atoms with E-state index in [9.17, 15) is 26.3 Å². The highest BCUT2D eigenvalue weighted by molar-refractivity contribution is 5.58. The molecule has 2 rings (SSSR count). The number of alkyl halides is 6. The Balaban J connectivity index is 2.19. The van der Waals surface area contributed by atoms with Gasteiger partial charge in [0.1, 0.15) is 11.3 Å². The number of aromatic nitrogens is 2. The van der Waals surface area contributed by atoms with Crippen molar-refractivity contribution in [2.24, 2.45) is 0 Å². The number of hydrogen-bond acceptors (Lipinski definition) is 5. The molecule has 0 N–H and O–H groups in total. The van der Waals surface area contributed by atoms with Crippen molar-refractivity contribution in [1.82, 2.24) is 9.97 Å². The van der Waals surface area contributed by atoms with E-state index in [1.54, 1.807) is 24.3 Å². The SMILES string of the molecule is CCCCCOc1ccc(N(C)c2ncc(C(F)(F)F)c(OCC(F)(F)F)n2)cc1. The molecule has 1 heterocycles. The maximum atomic E-state index is 13.0. The summed E-state index contributed by atoms with van der Waals surface area (Å²) in [5.41, 5.74) is -0.989. The first-order valence-electron chi connectivity index (χ1n) is 9.11. The minimum atomic E-state index is -4.96. The lowest BCUT2D eigenvalue weighted by Crippen LogP contribution is -2.23. The van der Waals surface area contributed by atoms with Gasteiger partial charge in [-0.1, -0.05) is 19.8 Å². The predicted molar refractivity (Wildman–Crippen MR) is 98.1 cm³/mol. The van der Waals surface area contributed by atoms with Gasteiger partial charge in [-0.3, -0.25) is 0 Å². The summed E-state index contributed by atoms with van der Waals surface area (Å²) in [6, 6.07) is 6.60. The van der Waals surface area contributed by atoms with E-state index in [1.807, 2.05) is 0 Å². The van der Waals surface area contributed by atoms with E-state index in [4.69, 9.17) is 4.74 Å². The van der Waals surface area contributed by atoms with Gasteiger partial charge < -0.3 is 14.4 Å². The third-order valence-electron chi connectivity index (χ3n) is 3.96. The van der Waals surface area contributed by atoms with E-state index in [0.717, 1.165) is 19.3 Å². The zero-order valence-corrected chi connectivity index (χ0v) is 16.3. The first-order valence-corrected chi connectivity index (χ1v) is 9.11. The van der Waals surface area contributed by atoms with Crippen LogP contribution >= 0.6 is 0 Å². The van der Waals surface area contributed by atoms with Crippen LogP contribution in [-0.2, 0) is 6.18 Å². The Morgan fingerprint density at radius 2 is 1.63 bits per heavy atom. The minimum absolute atomic E-state index is 0.253. The predicted octanol–water partition coefficient (Wildman–Crippen LogP) is 5.77. The molecular formula is C19H21F6N3O2. The number of unbranched alkanes of at least 4 members (excludes halogenated alkanes) is 2. The van der Waals surface area contributed by atoms with E-state index in [1.165, 1.54) is 11.9 Å². The van der Waals surface area contributed by atoms with Crippen LogP contribution in [0.4, 0.5) is 38.0 Å². The molecule has 1 aromatic carbocycles. The van der Waals surface area contributed by atoms with E-state index < -0.39 is 30.4 Å². The van der Waals surface area contributed by atoms with Crippen molar-refractivity contribution in [3.8, 4) is 11.6 Å². The Morgan fingerprint density at radius 1 is 0.967 bits per heavy atom. The van der Waals surface area contributed by atoms with Gasteiger partial charge in [-0.25, -0.2) is 4.98 Å². The van der Waals surface area contributed by atoms with Gasteiger partial charge in [-0.15, -0.1) is 0 Å². The molecule has 0 atom stereocenters. The molecule has 11 heteroatoms. The number of anilines is 2. The fourth-order valence-corrected chi connectivity index (χ4v) is 2.40. The van der Waals surface area contributed by atoms with Crippen LogP contribution in [-0.4, -0.2) is 36.4 Å². The summed E-state index contributed by atoms with van der Waals surface area (Å²) in [7, 11) is 1.47. The Hall–Kier alpha value is -2.72. The van der Waals surface area contributed by atoms with Crippen LogP contribution in [0.25, 0.3) is 0 Å². The normalized spacial score (nSPS) is 12.0. The maximum absolute atomic E-state index is 13.0. The van der Waals surface area contributed by atoms with Crippen LogP contribution in [0.5, 0.6) is 11.6 Å². The van der Waals surface area contributed by atoms with Gasteiger partial charge in [0.25, 0.3) is 0 Å². The molecule has 166 valence electrons. The van der Waals surface area contributed by atoms with Crippen LogP contribution in [0.2, 0.25) is 0 Å². The van der Waals surface area contributed by atoms with Crippen LogP contribution in [0.15, 0.2) is 30.5 Å². The average molecular weight is 437 g/mol. The van der Waals surface area contributed by atoms with Crippen LogP contribution < -0.4 is 14.4 Å². The third-order valence-corrected chi connectivity index (χ3v) is 3.96. The van der Waals surface area contributed by atoms with Gasteiger partial charge in [0.05, 0.1) is 6.61 Å². The molecule has 0 amide bonds. The van der Waals surface area contributed by atoms with Gasteiger partial charge in [-0.2, -0.15) is 31.3 Å². The first-order chi connectivity index (χ1) is 14.0. The molecule has 30 heavy (non-hydrogen) atoms. The Kier molecular flexibility index (Phi) is 7.74.